The summed E-state index contributed by atoms with van der Waals surface area (Å²) in [5, 5.41) is 2.48. The molecule has 0 atom stereocenters. The van der Waals surface area contributed by atoms with Crippen LogP contribution in [0.1, 0.15) is 25.0 Å². The van der Waals surface area contributed by atoms with Crippen LogP contribution in [0.25, 0.3) is 55.3 Å². The van der Waals surface area contributed by atoms with E-state index >= 15 is 0 Å². The molecule has 1 aliphatic carbocycles. The molecule has 0 heterocycles. The second-order valence-electron chi connectivity index (χ2n) is 13.8. The summed E-state index contributed by atoms with van der Waals surface area (Å²) in [6, 6.07) is 68.7. The van der Waals surface area contributed by atoms with E-state index in [0.717, 1.165) is 17.1 Å². The zero-order valence-corrected chi connectivity index (χ0v) is 28.3. The SMILES string of the molecule is CC1(C)c2ccccc2-c2ccc(N(c3ccc(-c4ccccc4)cc3)c3ccc(-c4ccccc4)cc3-c3cccc4ccccc34)cc21. The number of nitrogens with zero attached hydrogens (tertiary/aromatic N) is 1. The average Bonchev–Trinajstić information content (AvgIpc) is 3.41. The van der Waals surface area contributed by atoms with Gasteiger partial charge in [0.25, 0.3) is 0 Å². The number of hydrogen-bond donors (Lipinski definition) is 0. The van der Waals surface area contributed by atoms with E-state index in [2.05, 4.69) is 207 Å². The van der Waals surface area contributed by atoms with Gasteiger partial charge in [-0.05, 0) is 97.2 Å². The lowest BCUT2D eigenvalue weighted by Gasteiger charge is -2.30. The Labute approximate surface area is 294 Å². The van der Waals surface area contributed by atoms with Gasteiger partial charge in [0.15, 0.2) is 0 Å². The highest BCUT2D eigenvalue weighted by atomic mass is 15.1. The molecule has 0 saturated heterocycles. The van der Waals surface area contributed by atoms with E-state index in [4.69, 9.17) is 0 Å². The lowest BCUT2D eigenvalue weighted by molar-refractivity contribution is 0.660. The molecule has 0 aliphatic heterocycles. The molecule has 0 aromatic heterocycles. The van der Waals surface area contributed by atoms with Crippen LogP contribution in [0.2, 0.25) is 0 Å². The monoisotopic (exact) mass is 639 g/mol. The molecule has 1 aliphatic rings. The summed E-state index contributed by atoms with van der Waals surface area (Å²) in [5.74, 6) is 0. The number of fused-ring (bicyclic) bond motifs is 4. The van der Waals surface area contributed by atoms with Crippen molar-refractivity contribution in [3.8, 4) is 44.5 Å². The van der Waals surface area contributed by atoms with Gasteiger partial charge in [0, 0.05) is 22.4 Å². The first kappa shape index (κ1) is 29.9. The summed E-state index contributed by atoms with van der Waals surface area (Å²) in [4.78, 5) is 2.46. The Morgan fingerprint density at radius 2 is 0.920 bits per heavy atom. The quantitative estimate of drug-likeness (QED) is 0.175. The van der Waals surface area contributed by atoms with E-state index in [1.807, 2.05) is 0 Å². The first-order chi connectivity index (χ1) is 24.6. The van der Waals surface area contributed by atoms with E-state index in [-0.39, 0.29) is 5.41 Å². The van der Waals surface area contributed by atoms with Gasteiger partial charge in [-0.15, -0.1) is 0 Å². The van der Waals surface area contributed by atoms with Crippen LogP contribution in [0.4, 0.5) is 17.1 Å². The Bertz CT molecular complexity index is 2490. The maximum absolute atomic E-state index is 2.46. The molecular weight excluding hydrogens is 603 g/mol. The highest BCUT2D eigenvalue weighted by Gasteiger charge is 2.36. The van der Waals surface area contributed by atoms with Gasteiger partial charge >= 0.3 is 0 Å². The Morgan fingerprint density at radius 1 is 0.360 bits per heavy atom. The van der Waals surface area contributed by atoms with E-state index in [1.54, 1.807) is 0 Å². The zero-order chi connectivity index (χ0) is 33.7. The minimum absolute atomic E-state index is 0.111. The summed E-state index contributed by atoms with van der Waals surface area (Å²) < 4.78 is 0. The molecule has 8 aromatic rings. The van der Waals surface area contributed by atoms with Gasteiger partial charge in [0.05, 0.1) is 5.69 Å². The molecule has 0 N–H and O–H groups in total. The van der Waals surface area contributed by atoms with Crippen molar-refractivity contribution in [2.24, 2.45) is 0 Å². The maximum atomic E-state index is 2.46. The zero-order valence-electron chi connectivity index (χ0n) is 28.3. The van der Waals surface area contributed by atoms with Crippen LogP contribution >= 0.6 is 0 Å². The van der Waals surface area contributed by atoms with E-state index in [0.29, 0.717) is 0 Å². The van der Waals surface area contributed by atoms with E-state index in [9.17, 15) is 0 Å². The molecule has 238 valence electrons. The standard InChI is InChI=1S/C49H37N/c1-49(2)46-23-12-11-21-43(46)44-30-29-40(33-47(44)49)50(39-27-24-36(25-28-39)34-14-5-3-6-15-34)48-31-26-38(35-16-7-4-8-17-35)32-45(48)42-22-13-19-37-18-9-10-20-41(37)42/h3-33H,1-2H3. The second-order valence-corrected chi connectivity index (χ2v) is 13.8. The minimum atomic E-state index is -0.111. The van der Waals surface area contributed by atoms with Crippen LogP contribution in [0.5, 0.6) is 0 Å². The van der Waals surface area contributed by atoms with E-state index < -0.39 is 0 Å². The van der Waals surface area contributed by atoms with Gasteiger partial charge < -0.3 is 4.90 Å². The third kappa shape index (κ3) is 5.02. The van der Waals surface area contributed by atoms with Crippen LogP contribution in [-0.2, 0) is 5.41 Å². The summed E-state index contributed by atoms with van der Waals surface area (Å²) >= 11 is 0. The molecule has 0 bridgehead atoms. The Kier molecular flexibility index (Phi) is 7.21. The first-order valence-corrected chi connectivity index (χ1v) is 17.4. The van der Waals surface area contributed by atoms with Crippen molar-refractivity contribution >= 4 is 27.8 Å². The first-order valence-electron chi connectivity index (χ1n) is 17.4. The minimum Gasteiger partial charge on any atom is -0.310 e. The van der Waals surface area contributed by atoms with Crippen LogP contribution < -0.4 is 4.90 Å². The van der Waals surface area contributed by atoms with E-state index in [1.165, 1.54) is 66.4 Å². The van der Waals surface area contributed by atoms with Gasteiger partial charge in [-0.1, -0.05) is 166 Å². The summed E-state index contributed by atoms with van der Waals surface area (Å²) in [5.41, 5.74) is 15.9. The number of hydrogen-bond acceptors (Lipinski definition) is 1. The van der Waals surface area contributed by atoms with Crippen LogP contribution in [0.15, 0.2) is 188 Å². The third-order valence-electron chi connectivity index (χ3n) is 10.5. The van der Waals surface area contributed by atoms with Crippen molar-refractivity contribution in [2.75, 3.05) is 4.90 Å². The third-order valence-corrected chi connectivity index (χ3v) is 10.5. The topological polar surface area (TPSA) is 3.24 Å². The molecule has 0 radical (unpaired) electrons. The molecule has 9 rings (SSSR count). The fourth-order valence-corrected chi connectivity index (χ4v) is 7.91. The van der Waals surface area contributed by atoms with Crippen LogP contribution in [-0.4, -0.2) is 0 Å². The molecule has 1 heteroatoms. The molecule has 0 fully saturated rings. The second kappa shape index (κ2) is 12.1. The van der Waals surface area contributed by atoms with Crippen molar-refractivity contribution < 1.29 is 0 Å². The normalized spacial score (nSPS) is 12.8. The van der Waals surface area contributed by atoms with Crippen molar-refractivity contribution in [1.82, 2.24) is 0 Å². The molecule has 0 saturated carbocycles. The number of anilines is 3. The van der Waals surface area contributed by atoms with Gasteiger partial charge in [-0.3, -0.25) is 0 Å². The lowest BCUT2D eigenvalue weighted by atomic mass is 9.82. The molecule has 1 nitrogen and oxygen atoms in total. The van der Waals surface area contributed by atoms with Crippen molar-refractivity contribution in [1.29, 1.82) is 0 Å². The van der Waals surface area contributed by atoms with Gasteiger partial charge in [0.1, 0.15) is 0 Å². The molecule has 8 aromatic carbocycles. The average molecular weight is 640 g/mol. The molecule has 50 heavy (non-hydrogen) atoms. The molecular formula is C49H37N. The van der Waals surface area contributed by atoms with Gasteiger partial charge in [-0.2, -0.15) is 0 Å². The Balaban J connectivity index is 1.29. The Hall–Kier alpha value is -6.18. The summed E-state index contributed by atoms with van der Waals surface area (Å²) in [6.45, 7) is 4.72. The largest absolute Gasteiger partial charge is 0.310 e. The predicted octanol–water partition coefficient (Wildman–Crippen LogP) is 13.6. The number of rotatable bonds is 6. The van der Waals surface area contributed by atoms with Crippen LogP contribution in [0.3, 0.4) is 0 Å². The van der Waals surface area contributed by atoms with Crippen molar-refractivity contribution in [3.05, 3.63) is 199 Å². The lowest BCUT2D eigenvalue weighted by Crippen LogP contribution is -2.17. The summed E-state index contributed by atoms with van der Waals surface area (Å²) in [6.07, 6.45) is 0. The number of benzene rings is 8. The maximum Gasteiger partial charge on any atom is 0.0540 e. The highest BCUT2D eigenvalue weighted by Crippen LogP contribution is 2.51. The predicted molar refractivity (Wildman–Crippen MR) is 213 cm³/mol. The van der Waals surface area contributed by atoms with Crippen molar-refractivity contribution in [3.63, 3.8) is 0 Å². The summed E-state index contributed by atoms with van der Waals surface area (Å²) in [7, 11) is 0. The Morgan fingerprint density at radius 3 is 1.70 bits per heavy atom. The fourth-order valence-electron chi connectivity index (χ4n) is 7.91. The fraction of sp³-hybridized carbons (Fsp3) is 0.0612. The van der Waals surface area contributed by atoms with Crippen molar-refractivity contribution in [2.45, 2.75) is 19.3 Å². The highest BCUT2D eigenvalue weighted by molar-refractivity contribution is 6.02. The molecule has 0 spiro atoms. The molecule has 0 unspecified atom stereocenters. The van der Waals surface area contributed by atoms with Gasteiger partial charge in [0.2, 0.25) is 0 Å². The smallest absolute Gasteiger partial charge is 0.0540 e. The van der Waals surface area contributed by atoms with Crippen LogP contribution in [0, 0.1) is 0 Å². The molecule has 0 amide bonds. The van der Waals surface area contributed by atoms with Gasteiger partial charge in [-0.25, -0.2) is 0 Å².